The molecule has 0 radical (unpaired) electrons. The predicted molar refractivity (Wildman–Crippen MR) is 140 cm³/mol. The standard InChI is InChI=1S/C27H47N3O3Si/c1-17-9-10-21-22(14-29-30-28)23(11-18(2)25(17)21)27(6)13-19(15-31)24(32)12-20(27)16-33-34(7,8)26(3,4)5/h15,17-18,20-23,25,31H,9-14,16H2,1-8H3/t17-,18+,20+,21+,22-,23-,25+,27-/m0/s1. The summed E-state index contributed by atoms with van der Waals surface area (Å²) < 4.78 is 6.71. The number of hydrogen-bond donors (Lipinski definition) is 1. The number of ketones is 1. The normalized spacial score (nSPS) is 40.2. The third kappa shape index (κ3) is 4.98. The van der Waals surface area contributed by atoms with Gasteiger partial charge in [0.15, 0.2) is 14.1 Å². The molecule has 192 valence electrons. The molecular formula is C27H47N3O3Si. The van der Waals surface area contributed by atoms with E-state index in [0.29, 0.717) is 67.1 Å². The molecule has 8 atom stereocenters. The van der Waals surface area contributed by atoms with Gasteiger partial charge < -0.3 is 9.53 Å². The zero-order chi connectivity index (χ0) is 25.5. The minimum Gasteiger partial charge on any atom is -0.515 e. The van der Waals surface area contributed by atoms with Gasteiger partial charge in [0, 0.05) is 30.1 Å². The van der Waals surface area contributed by atoms with Crippen molar-refractivity contribution in [2.24, 2.45) is 52.0 Å². The Morgan fingerprint density at radius 1 is 1.26 bits per heavy atom. The number of rotatable bonds is 6. The van der Waals surface area contributed by atoms with E-state index in [4.69, 9.17) is 4.43 Å². The molecule has 34 heavy (non-hydrogen) atoms. The summed E-state index contributed by atoms with van der Waals surface area (Å²) >= 11 is 0. The van der Waals surface area contributed by atoms with Crippen LogP contribution in [0.15, 0.2) is 16.9 Å². The number of allylic oxidation sites excluding steroid dienone is 1. The van der Waals surface area contributed by atoms with Gasteiger partial charge in [-0.15, -0.1) is 0 Å². The number of aliphatic hydroxyl groups is 1. The Morgan fingerprint density at radius 2 is 1.94 bits per heavy atom. The first-order valence-electron chi connectivity index (χ1n) is 13.3. The van der Waals surface area contributed by atoms with E-state index in [-0.39, 0.29) is 22.2 Å². The van der Waals surface area contributed by atoms with Crippen LogP contribution in [0.25, 0.3) is 10.4 Å². The van der Waals surface area contributed by atoms with Gasteiger partial charge in [0.1, 0.15) is 0 Å². The molecule has 0 aromatic heterocycles. The van der Waals surface area contributed by atoms with Crippen LogP contribution in [0.1, 0.15) is 73.6 Å². The molecule has 1 N–H and O–H groups in total. The maximum atomic E-state index is 12.9. The van der Waals surface area contributed by atoms with Crippen LogP contribution in [0.2, 0.25) is 18.1 Å². The summed E-state index contributed by atoms with van der Waals surface area (Å²) in [6.45, 7) is 19.5. The molecule has 0 heterocycles. The zero-order valence-corrected chi connectivity index (χ0v) is 23.7. The Balaban J connectivity index is 1.99. The molecule has 7 heteroatoms. The van der Waals surface area contributed by atoms with Crippen molar-refractivity contribution in [3.05, 3.63) is 22.3 Å². The topological polar surface area (TPSA) is 95.3 Å². The first-order chi connectivity index (χ1) is 15.8. The third-order valence-electron chi connectivity index (χ3n) is 10.6. The number of aliphatic hydroxyl groups excluding tert-OH is 1. The number of carbonyl (C=O) groups is 1. The lowest BCUT2D eigenvalue weighted by Gasteiger charge is -2.56. The van der Waals surface area contributed by atoms with E-state index in [9.17, 15) is 15.4 Å². The highest BCUT2D eigenvalue weighted by Gasteiger charge is 2.56. The highest BCUT2D eigenvalue weighted by Crippen LogP contribution is 2.61. The molecule has 3 aliphatic rings. The van der Waals surface area contributed by atoms with Gasteiger partial charge in [0.2, 0.25) is 0 Å². The highest BCUT2D eigenvalue weighted by molar-refractivity contribution is 6.74. The molecule has 0 saturated heterocycles. The molecule has 0 bridgehead atoms. The van der Waals surface area contributed by atoms with Crippen LogP contribution in [0.4, 0.5) is 0 Å². The first kappa shape index (κ1) is 27.3. The fraction of sp³-hybridized carbons (Fsp3) is 0.889. The number of azide groups is 1. The van der Waals surface area contributed by atoms with Crippen LogP contribution in [0, 0.1) is 46.8 Å². The Hall–Kier alpha value is -1.30. The van der Waals surface area contributed by atoms with E-state index in [2.05, 4.69) is 64.7 Å². The second-order valence-electron chi connectivity index (χ2n) is 13.4. The molecule has 6 nitrogen and oxygen atoms in total. The van der Waals surface area contributed by atoms with E-state index in [1.54, 1.807) is 0 Å². The molecular weight excluding hydrogens is 442 g/mol. The van der Waals surface area contributed by atoms with E-state index < -0.39 is 8.32 Å². The van der Waals surface area contributed by atoms with Crippen LogP contribution in [-0.2, 0) is 9.22 Å². The number of Topliss-reactive ketones (excluding diaryl/α,β-unsaturated/α-hetero) is 1. The second kappa shape index (κ2) is 9.98. The fourth-order valence-corrected chi connectivity index (χ4v) is 8.55. The van der Waals surface area contributed by atoms with Gasteiger partial charge in [-0.2, -0.15) is 0 Å². The van der Waals surface area contributed by atoms with Gasteiger partial charge in [-0.3, -0.25) is 4.79 Å². The van der Waals surface area contributed by atoms with Crippen molar-refractivity contribution in [3.8, 4) is 0 Å². The van der Waals surface area contributed by atoms with Crippen molar-refractivity contribution in [3.63, 3.8) is 0 Å². The van der Waals surface area contributed by atoms with Gasteiger partial charge in [-0.1, -0.05) is 53.1 Å². The van der Waals surface area contributed by atoms with E-state index >= 15 is 0 Å². The Labute approximate surface area is 207 Å². The van der Waals surface area contributed by atoms with Crippen LogP contribution in [0.5, 0.6) is 0 Å². The van der Waals surface area contributed by atoms with Crippen molar-refractivity contribution in [2.45, 2.75) is 91.8 Å². The van der Waals surface area contributed by atoms with Gasteiger partial charge >= 0.3 is 0 Å². The molecule has 0 unspecified atom stereocenters. The lowest BCUT2D eigenvalue weighted by atomic mass is 9.49. The maximum Gasteiger partial charge on any atom is 0.191 e. The summed E-state index contributed by atoms with van der Waals surface area (Å²) in [6.07, 6.45) is 5.55. The predicted octanol–water partition coefficient (Wildman–Crippen LogP) is 7.68. The summed E-state index contributed by atoms with van der Waals surface area (Å²) in [5.74, 6) is 3.34. The van der Waals surface area contributed by atoms with E-state index in [1.807, 2.05) is 0 Å². The Bertz CT molecular complexity index is 845. The summed E-state index contributed by atoms with van der Waals surface area (Å²) in [4.78, 5) is 16.1. The molecule has 3 rings (SSSR count). The molecule has 3 fully saturated rings. The average Bonchev–Trinajstić information content (AvgIpc) is 3.14. The van der Waals surface area contributed by atoms with Crippen LogP contribution < -0.4 is 0 Å². The smallest absolute Gasteiger partial charge is 0.191 e. The number of hydrogen-bond acceptors (Lipinski definition) is 4. The first-order valence-corrected chi connectivity index (χ1v) is 16.2. The van der Waals surface area contributed by atoms with Crippen molar-refractivity contribution < 1.29 is 14.3 Å². The maximum absolute atomic E-state index is 12.9. The molecule has 0 amide bonds. The summed E-state index contributed by atoms with van der Waals surface area (Å²) in [6, 6.07) is 0. The SMILES string of the molecule is C[C@@H]1C[C@H]([C@@]2(C)CC(=CO)C(=O)C[C@@H]2CO[Si](C)(C)C(C)(C)C)[C@@H](CN=[N+]=[N-])[C@H]2CC[C@H](C)[C@@H]21. The summed E-state index contributed by atoms with van der Waals surface area (Å²) in [5.41, 5.74) is 9.53. The Morgan fingerprint density at radius 3 is 2.53 bits per heavy atom. The molecule has 0 spiro atoms. The average molecular weight is 490 g/mol. The summed E-state index contributed by atoms with van der Waals surface area (Å²) in [7, 11) is -1.97. The fourth-order valence-electron chi connectivity index (χ4n) is 7.49. The minimum atomic E-state index is -1.97. The molecule has 0 aromatic rings. The van der Waals surface area contributed by atoms with Crippen LogP contribution >= 0.6 is 0 Å². The van der Waals surface area contributed by atoms with Gasteiger partial charge in [0.05, 0.1) is 6.26 Å². The molecule has 0 aromatic carbocycles. The Kier molecular flexibility index (Phi) is 8.01. The highest BCUT2D eigenvalue weighted by atomic mass is 28.4. The zero-order valence-electron chi connectivity index (χ0n) is 22.7. The summed E-state index contributed by atoms with van der Waals surface area (Å²) in [5, 5.41) is 14.1. The van der Waals surface area contributed by atoms with Gasteiger partial charge in [0.25, 0.3) is 0 Å². The van der Waals surface area contributed by atoms with Crippen LogP contribution in [-0.4, -0.2) is 32.4 Å². The second-order valence-corrected chi connectivity index (χ2v) is 18.2. The monoisotopic (exact) mass is 489 g/mol. The van der Waals surface area contributed by atoms with Crippen molar-refractivity contribution in [2.75, 3.05) is 13.2 Å². The third-order valence-corrected chi connectivity index (χ3v) is 15.1. The lowest BCUT2D eigenvalue weighted by Crippen LogP contribution is -2.53. The largest absolute Gasteiger partial charge is 0.515 e. The number of nitrogens with zero attached hydrogens (tertiary/aromatic N) is 3. The van der Waals surface area contributed by atoms with E-state index in [0.717, 1.165) is 12.7 Å². The van der Waals surface area contributed by atoms with Crippen molar-refractivity contribution in [1.82, 2.24) is 0 Å². The van der Waals surface area contributed by atoms with E-state index in [1.165, 1.54) is 12.8 Å². The van der Waals surface area contributed by atoms with Crippen molar-refractivity contribution in [1.29, 1.82) is 0 Å². The molecule has 0 aliphatic heterocycles. The lowest BCUT2D eigenvalue weighted by molar-refractivity contribution is -0.125. The quantitative estimate of drug-likeness (QED) is 0.103. The van der Waals surface area contributed by atoms with Crippen molar-refractivity contribution >= 4 is 14.1 Å². The minimum absolute atomic E-state index is 0.0478. The van der Waals surface area contributed by atoms with Gasteiger partial charge in [-0.05, 0) is 89.8 Å². The van der Waals surface area contributed by atoms with Crippen LogP contribution in [0.3, 0.4) is 0 Å². The number of carbonyl (C=O) groups excluding carboxylic acids is 1. The molecule has 3 saturated carbocycles. The molecule has 3 aliphatic carbocycles. The number of fused-ring (bicyclic) bond motifs is 1. The van der Waals surface area contributed by atoms with Gasteiger partial charge in [-0.25, -0.2) is 0 Å².